The normalized spacial score (nSPS) is 17.9. The average molecular weight is 434 g/mol. The lowest BCUT2D eigenvalue weighted by Crippen LogP contribution is -2.47. The number of nitrogens with zero attached hydrogens (tertiary/aromatic N) is 1. The highest BCUT2D eigenvalue weighted by Crippen LogP contribution is 2.46. The number of carbonyl (C=O) groups is 1. The lowest BCUT2D eigenvalue weighted by molar-refractivity contribution is -0.145. The number of halogens is 1. The van der Waals surface area contributed by atoms with Gasteiger partial charge in [0.15, 0.2) is 0 Å². The number of likely N-dealkylation sites (tertiary alicyclic amines) is 1. The summed E-state index contributed by atoms with van der Waals surface area (Å²) in [5.74, 6) is 1.07. The monoisotopic (exact) mass is 433 g/mol. The number of benzene rings is 2. The molecule has 0 aromatic heterocycles. The first-order valence-electron chi connectivity index (χ1n) is 10.1. The van der Waals surface area contributed by atoms with E-state index in [1.807, 2.05) is 42.2 Å². The molecule has 2 atom stereocenters. The van der Waals surface area contributed by atoms with Crippen molar-refractivity contribution < 1.29 is 24.1 Å². The van der Waals surface area contributed by atoms with Crippen LogP contribution in [-0.2, 0) is 4.79 Å². The number of carboxylic acid groups (broad SMARTS) is 1. The van der Waals surface area contributed by atoms with Crippen molar-refractivity contribution in [1.82, 2.24) is 4.90 Å². The van der Waals surface area contributed by atoms with Gasteiger partial charge in [-0.05, 0) is 56.6 Å². The third kappa shape index (κ3) is 4.50. The van der Waals surface area contributed by atoms with E-state index in [-0.39, 0.29) is 0 Å². The van der Waals surface area contributed by atoms with Crippen molar-refractivity contribution in [3.8, 4) is 17.2 Å². The number of piperidine rings is 1. The fourth-order valence-electron chi connectivity index (χ4n) is 4.20. The van der Waals surface area contributed by atoms with E-state index in [0.717, 1.165) is 24.0 Å². The second-order valence-electron chi connectivity index (χ2n) is 7.18. The number of hydrogen-bond donors (Lipinski definition) is 1. The topological polar surface area (TPSA) is 68.2 Å². The molecule has 0 spiro atoms. The molecule has 30 heavy (non-hydrogen) atoms. The van der Waals surface area contributed by atoms with Gasteiger partial charge in [0, 0.05) is 10.6 Å². The minimum absolute atomic E-state index is 0.460. The second-order valence-corrected chi connectivity index (χ2v) is 7.62. The highest BCUT2D eigenvalue weighted by atomic mass is 35.5. The Hall–Kier alpha value is -2.44. The van der Waals surface area contributed by atoms with Crippen LogP contribution in [0.3, 0.4) is 0 Å². The molecule has 1 aliphatic heterocycles. The van der Waals surface area contributed by atoms with Crippen molar-refractivity contribution in [2.75, 3.05) is 27.4 Å². The van der Waals surface area contributed by atoms with Gasteiger partial charge in [-0.3, -0.25) is 9.69 Å². The van der Waals surface area contributed by atoms with Crippen LogP contribution in [0, 0.1) is 0 Å². The van der Waals surface area contributed by atoms with Crippen LogP contribution in [0.2, 0.25) is 5.02 Å². The smallest absolute Gasteiger partial charge is 0.320 e. The van der Waals surface area contributed by atoms with Crippen molar-refractivity contribution in [1.29, 1.82) is 0 Å². The Morgan fingerprint density at radius 3 is 2.47 bits per heavy atom. The number of aliphatic carboxylic acids is 1. The maximum atomic E-state index is 12.2. The average Bonchev–Trinajstić information content (AvgIpc) is 2.76. The van der Waals surface area contributed by atoms with Crippen molar-refractivity contribution >= 4 is 17.6 Å². The van der Waals surface area contributed by atoms with Crippen LogP contribution < -0.4 is 14.2 Å². The summed E-state index contributed by atoms with van der Waals surface area (Å²) in [4.78, 5) is 14.2. The van der Waals surface area contributed by atoms with Crippen molar-refractivity contribution in [2.24, 2.45) is 0 Å². The van der Waals surface area contributed by atoms with E-state index >= 15 is 0 Å². The molecule has 2 aromatic rings. The summed E-state index contributed by atoms with van der Waals surface area (Å²) in [6.45, 7) is 3.02. The molecule has 0 radical (unpaired) electrons. The highest BCUT2D eigenvalue weighted by Gasteiger charge is 2.39. The summed E-state index contributed by atoms with van der Waals surface area (Å²) in [6, 6.07) is 9.92. The lowest BCUT2D eigenvalue weighted by atomic mass is 9.90. The molecule has 7 heteroatoms. The van der Waals surface area contributed by atoms with Gasteiger partial charge < -0.3 is 19.3 Å². The third-order valence-corrected chi connectivity index (χ3v) is 5.70. The molecular formula is C23H28ClNO5. The fourth-order valence-corrected chi connectivity index (χ4v) is 4.38. The van der Waals surface area contributed by atoms with Gasteiger partial charge in [-0.15, -0.1) is 0 Å². The highest BCUT2D eigenvalue weighted by molar-refractivity contribution is 6.30. The molecule has 1 aliphatic rings. The number of ether oxygens (including phenoxy) is 3. The fraction of sp³-hybridized carbons (Fsp3) is 0.435. The molecule has 2 aromatic carbocycles. The Morgan fingerprint density at radius 1 is 1.17 bits per heavy atom. The molecule has 0 amide bonds. The molecule has 162 valence electrons. The quantitative estimate of drug-likeness (QED) is 0.645. The van der Waals surface area contributed by atoms with E-state index in [0.29, 0.717) is 41.8 Å². The first-order chi connectivity index (χ1) is 14.5. The minimum atomic E-state index is -0.839. The van der Waals surface area contributed by atoms with E-state index in [2.05, 4.69) is 0 Å². The van der Waals surface area contributed by atoms with E-state index in [9.17, 15) is 9.90 Å². The zero-order valence-corrected chi connectivity index (χ0v) is 18.3. The van der Waals surface area contributed by atoms with Crippen LogP contribution in [0.15, 0.2) is 36.4 Å². The van der Waals surface area contributed by atoms with Crippen molar-refractivity contribution in [2.45, 2.75) is 38.3 Å². The second kappa shape index (κ2) is 10.0. The van der Waals surface area contributed by atoms with Gasteiger partial charge in [-0.1, -0.05) is 24.1 Å². The lowest BCUT2D eigenvalue weighted by Gasteiger charge is -2.40. The van der Waals surface area contributed by atoms with Crippen molar-refractivity contribution in [3.63, 3.8) is 0 Å². The molecule has 0 saturated carbocycles. The van der Waals surface area contributed by atoms with Gasteiger partial charge >= 0.3 is 5.97 Å². The molecule has 2 unspecified atom stereocenters. The number of hydrogen-bond acceptors (Lipinski definition) is 5. The molecule has 1 heterocycles. The first-order valence-corrected chi connectivity index (χ1v) is 10.5. The summed E-state index contributed by atoms with van der Waals surface area (Å²) < 4.78 is 17.3. The predicted molar refractivity (Wildman–Crippen MR) is 116 cm³/mol. The maximum Gasteiger partial charge on any atom is 0.320 e. The number of methoxy groups -OCH3 is 2. The molecule has 1 saturated heterocycles. The largest absolute Gasteiger partial charge is 0.496 e. The van der Waals surface area contributed by atoms with E-state index in [1.165, 1.54) is 0 Å². The Morgan fingerprint density at radius 2 is 1.87 bits per heavy atom. The first kappa shape index (κ1) is 22.2. The molecular weight excluding hydrogens is 406 g/mol. The van der Waals surface area contributed by atoms with Gasteiger partial charge in [0.1, 0.15) is 23.3 Å². The van der Waals surface area contributed by atoms with Gasteiger partial charge in [0.05, 0.1) is 32.4 Å². The summed E-state index contributed by atoms with van der Waals surface area (Å²) in [7, 11) is 3.20. The predicted octanol–water partition coefficient (Wildman–Crippen LogP) is 4.78. The van der Waals surface area contributed by atoms with Crippen LogP contribution >= 0.6 is 11.6 Å². The summed E-state index contributed by atoms with van der Waals surface area (Å²) in [5, 5.41) is 10.5. The minimum Gasteiger partial charge on any atom is -0.496 e. The van der Waals surface area contributed by atoms with Crippen LogP contribution in [0.1, 0.15) is 43.4 Å². The van der Waals surface area contributed by atoms with E-state index in [1.54, 1.807) is 20.3 Å². The van der Waals surface area contributed by atoms with Crippen LogP contribution in [0.4, 0.5) is 0 Å². The Labute approximate surface area is 182 Å². The summed E-state index contributed by atoms with van der Waals surface area (Å²) in [6.07, 6.45) is 2.35. The molecule has 0 bridgehead atoms. The molecule has 1 N–H and O–H groups in total. The van der Waals surface area contributed by atoms with Gasteiger partial charge in [-0.25, -0.2) is 0 Å². The Balaban J connectivity index is 2.29. The molecule has 0 aliphatic carbocycles. The van der Waals surface area contributed by atoms with Crippen molar-refractivity contribution in [3.05, 3.63) is 52.5 Å². The summed E-state index contributed by atoms with van der Waals surface area (Å²) in [5.41, 5.74) is 1.55. The molecule has 1 fully saturated rings. The molecule has 6 nitrogen and oxygen atoms in total. The van der Waals surface area contributed by atoms with Gasteiger partial charge in [0.2, 0.25) is 0 Å². The maximum absolute atomic E-state index is 12.2. The third-order valence-electron chi connectivity index (χ3n) is 5.47. The standard InChI is InChI=1S/C23H28ClNO5/c1-4-30-18-12-11-15(24)14-16(18)22(25-13-6-5-8-17(25)23(26)27)21-19(28-2)9-7-10-20(21)29-3/h7,9-12,14,17,22H,4-6,8,13H2,1-3H3,(H,26,27). The van der Waals surface area contributed by atoms with Crippen LogP contribution in [-0.4, -0.2) is 49.4 Å². The Kier molecular flexibility index (Phi) is 7.45. The van der Waals surface area contributed by atoms with Gasteiger partial charge in [0.25, 0.3) is 0 Å². The van der Waals surface area contributed by atoms with Crippen LogP contribution in [0.25, 0.3) is 0 Å². The summed E-state index contributed by atoms with van der Waals surface area (Å²) >= 11 is 6.38. The SMILES string of the molecule is CCOc1ccc(Cl)cc1C(c1c(OC)cccc1OC)N1CCCCC1C(=O)O. The van der Waals surface area contributed by atoms with E-state index in [4.69, 9.17) is 25.8 Å². The van der Waals surface area contributed by atoms with E-state index < -0.39 is 18.1 Å². The zero-order valence-electron chi connectivity index (χ0n) is 17.6. The number of carboxylic acids is 1. The Bertz CT molecular complexity index is 866. The van der Waals surface area contributed by atoms with Gasteiger partial charge in [-0.2, -0.15) is 0 Å². The van der Waals surface area contributed by atoms with Crippen LogP contribution in [0.5, 0.6) is 17.2 Å². The zero-order chi connectivity index (χ0) is 21.7. The number of rotatable bonds is 8. The molecule has 3 rings (SSSR count).